The van der Waals surface area contributed by atoms with Gasteiger partial charge in [0, 0.05) is 67.1 Å². The van der Waals surface area contributed by atoms with Gasteiger partial charge in [0.2, 0.25) is 0 Å². The molecule has 52 heavy (non-hydrogen) atoms. The third-order valence-corrected chi connectivity index (χ3v) is 9.46. The second-order valence-corrected chi connectivity index (χ2v) is 13.0. The Kier molecular flexibility index (Phi) is 7.22. The van der Waals surface area contributed by atoms with Crippen molar-refractivity contribution < 1.29 is 0 Å². The zero-order chi connectivity index (χ0) is 35.3. The van der Waals surface area contributed by atoms with Crippen LogP contribution in [0.3, 0.4) is 0 Å². The SMILES string of the molecule is Nc1cccc(-c2c3nc(c(-c4cccc(N)c4)c4ccc([nH]4)c(-c4cccc(N)c4)c4nc(c(-c5cccc(N)c5)c5ccc2[nH]5)C=C4)C=C3)c1. The van der Waals surface area contributed by atoms with Gasteiger partial charge in [0.25, 0.3) is 0 Å². The summed E-state index contributed by atoms with van der Waals surface area (Å²) in [5.74, 6) is 0. The summed E-state index contributed by atoms with van der Waals surface area (Å²) in [4.78, 5) is 18.1. The van der Waals surface area contributed by atoms with Crippen molar-refractivity contribution in [2.45, 2.75) is 0 Å². The summed E-state index contributed by atoms with van der Waals surface area (Å²) < 4.78 is 0. The lowest BCUT2D eigenvalue weighted by molar-refractivity contribution is 1.31. The van der Waals surface area contributed by atoms with Crippen LogP contribution in [0.25, 0.3) is 90.9 Å². The van der Waals surface area contributed by atoms with E-state index in [-0.39, 0.29) is 0 Å². The summed E-state index contributed by atoms with van der Waals surface area (Å²) in [6, 6.07) is 39.9. The van der Waals surface area contributed by atoms with E-state index < -0.39 is 0 Å². The Morgan fingerprint density at radius 1 is 0.327 bits per heavy atom. The van der Waals surface area contributed by atoms with Crippen LogP contribution >= 0.6 is 0 Å². The van der Waals surface area contributed by atoms with Crippen molar-refractivity contribution in [3.05, 3.63) is 144 Å². The molecule has 0 atom stereocenters. The number of nitrogens with two attached hydrogens (primary N) is 4. The molecule has 0 aliphatic carbocycles. The maximum absolute atomic E-state index is 6.35. The Labute approximate surface area is 299 Å². The Hall–Kier alpha value is -7.32. The summed E-state index contributed by atoms with van der Waals surface area (Å²) in [5.41, 5.74) is 42.1. The molecule has 3 aromatic heterocycles. The fourth-order valence-electron chi connectivity index (χ4n) is 7.20. The second kappa shape index (κ2) is 12.2. The topological polar surface area (TPSA) is 161 Å². The van der Waals surface area contributed by atoms with Gasteiger partial charge in [0.1, 0.15) is 0 Å². The van der Waals surface area contributed by atoms with Gasteiger partial charge < -0.3 is 32.9 Å². The number of fused-ring (bicyclic) bond motifs is 8. The van der Waals surface area contributed by atoms with Crippen LogP contribution in [0.5, 0.6) is 0 Å². The van der Waals surface area contributed by atoms with Gasteiger partial charge >= 0.3 is 0 Å². The summed E-state index contributed by atoms with van der Waals surface area (Å²) in [6.07, 6.45) is 8.22. The Morgan fingerprint density at radius 3 is 0.808 bits per heavy atom. The molecule has 2 aliphatic heterocycles. The van der Waals surface area contributed by atoms with E-state index in [1.807, 2.05) is 72.8 Å². The van der Waals surface area contributed by atoms with Crippen LogP contribution in [-0.4, -0.2) is 19.9 Å². The molecule has 0 saturated heterocycles. The third kappa shape index (κ3) is 5.45. The lowest BCUT2D eigenvalue weighted by Crippen LogP contribution is -1.92. The molecule has 0 unspecified atom stereocenters. The van der Waals surface area contributed by atoms with Crippen molar-refractivity contribution >= 4 is 69.1 Å². The highest BCUT2D eigenvalue weighted by atomic mass is 14.8. The van der Waals surface area contributed by atoms with Gasteiger partial charge in [-0.05, 0) is 119 Å². The smallest absolute Gasteiger partial charge is 0.0737 e. The van der Waals surface area contributed by atoms with Crippen molar-refractivity contribution in [1.82, 2.24) is 19.9 Å². The number of aromatic nitrogens is 4. The molecular weight excluding hydrogens is 641 g/mol. The van der Waals surface area contributed by atoms with Crippen LogP contribution in [0.15, 0.2) is 121 Å². The van der Waals surface area contributed by atoms with E-state index in [0.29, 0.717) is 22.7 Å². The zero-order valence-electron chi connectivity index (χ0n) is 28.1. The Morgan fingerprint density at radius 2 is 0.577 bits per heavy atom. The first-order chi connectivity index (χ1) is 25.4. The number of hydrogen-bond donors (Lipinski definition) is 6. The van der Waals surface area contributed by atoms with Crippen molar-refractivity contribution in [2.75, 3.05) is 22.9 Å². The molecule has 8 heteroatoms. The van der Waals surface area contributed by atoms with E-state index >= 15 is 0 Å². The highest BCUT2D eigenvalue weighted by Gasteiger charge is 2.19. The lowest BCUT2D eigenvalue weighted by atomic mass is 10.0. The fourth-order valence-corrected chi connectivity index (χ4v) is 7.20. The number of aromatic amines is 2. The summed E-state index contributed by atoms with van der Waals surface area (Å²) in [6.45, 7) is 0. The average Bonchev–Trinajstić information content (AvgIpc) is 3.96. The fraction of sp³-hybridized carbons (Fsp3) is 0. The summed E-state index contributed by atoms with van der Waals surface area (Å²) in [7, 11) is 0. The van der Waals surface area contributed by atoms with Gasteiger partial charge in [-0.1, -0.05) is 48.5 Å². The van der Waals surface area contributed by atoms with Crippen LogP contribution in [0, 0.1) is 0 Å². The predicted molar refractivity (Wildman–Crippen MR) is 218 cm³/mol. The van der Waals surface area contributed by atoms with Crippen LogP contribution in [0.2, 0.25) is 0 Å². The first kappa shape index (κ1) is 30.7. The Bertz CT molecular complexity index is 2430. The molecule has 9 rings (SSSR count). The first-order valence-electron chi connectivity index (χ1n) is 17.0. The quantitative estimate of drug-likeness (QED) is 0.102. The predicted octanol–water partition coefficient (Wildman–Crippen LogP) is 9.65. The van der Waals surface area contributed by atoms with Gasteiger partial charge in [-0.3, -0.25) is 0 Å². The van der Waals surface area contributed by atoms with E-state index in [9.17, 15) is 0 Å². The van der Waals surface area contributed by atoms with Crippen molar-refractivity contribution in [3.8, 4) is 44.5 Å². The van der Waals surface area contributed by atoms with Gasteiger partial charge in [0.05, 0.1) is 22.8 Å². The number of hydrogen-bond acceptors (Lipinski definition) is 6. The van der Waals surface area contributed by atoms with Crippen LogP contribution in [0.1, 0.15) is 22.8 Å². The van der Waals surface area contributed by atoms with Crippen molar-refractivity contribution in [2.24, 2.45) is 0 Å². The van der Waals surface area contributed by atoms with Crippen molar-refractivity contribution in [1.29, 1.82) is 0 Å². The molecule has 0 radical (unpaired) electrons. The molecule has 2 aliphatic rings. The molecule has 0 spiro atoms. The largest absolute Gasteiger partial charge is 0.399 e. The van der Waals surface area contributed by atoms with Gasteiger partial charge in [0.15, 0.2) is 0 Å². The highest BCUT2D eigenvalue weighted by molar-refractivity contribution is 6.00. The number of H-pyrrole nitrogens is 2. The number of nitrogen functional groups attached to an aromatic ring is 4. The van der Waals surface area contributed by atoms with E-state index in [4.69, 9.17) is 32.9 Å². The summed E-state index contributed by atoms with van der Waals surface area (Å²) >= 11 is 0. The Balaban J connectivity index is 1.49. The van der Waals surface area contributed by atoms with Crippen LogP contribution in [0.4, 0.5) is 22.7 Å². The van der Waals surface area contributed by atoms with E-state index in [2.05, 4.69) is 82.8 Å². The normalized spacial score (nSPS) is 12.0. The minimum atomic E-state index is 0.661. The molecule has 0 fully saturated rings. The molecule has 0 saturated carbocycles. The molecule has 5 heterocycles. The van der Waals surface area contributed by atoms with Crippen molar-refractivity contribution in [3.63, 3.8) is 0 Å². The van der Waals surface area contributed by atoms with Gasteiger partial charge in [-0.15, -0.1) is 0 Å². The molecule has 10 N–H and O–H groups in total. The van der Waals surface area contributed by atoms with Gasteiger partial charge in [-0.2, -0.15) is 0 Å². The molecule has 250 valence electrons. The molecule has 8 bridgehead atoms. The minimum Gasteiger partial charge on any atom is -0.399 e. The third-order valence-electron chi connectivity index (χ3n) is 9.46. The maximum Gasteiger partial charge on any atom is 0.0737 e. The molecule has 0 amide bonds. The molecular formula is C44H34N8. The van der Waals surface area contributed by atoms with E-state index in [0.717, 1.165) is 89.4 Å². The number of anilines is 4. The number of benzene rings is 4. The number of nitrogens with zero attached hydrogens (tertiary/aromatic N) is 2. The minimum absolute atomic E-state index is 0.661. The van der Waals surface area contributed by atoms with Crippen LogP contribution in [-0.2, 0) is 0 Å². The monoisotopic (exact) mass is 674 g/mol. The van der Waals surface area contributed by atoms with E-state index in [1.54, 1.807) is 0 Å². The lowest BCUT2D eigenvalue weighted by Gasteiger charge is -2.08. The zero-order valence-corrected chi connectivity index (χ0v) is 28.1. The average molecular weight is 675 g/mol. The molecule has 4 aromatic carbocycles. The number of nitrogens with one attached hydrogen (secondary N) is 2. The second-order valence-electron chi connectivity index (χ2n) is 13.0. The first-order valence-corrected chi connectivity index (χ1v) is 17.0. The maximum atomic E-state index is 6.35. The standard InChI is InChI=1S/C44H34N8/c45-29-9-1-5-25(21-29)41-33-13-15-35(49-33)42(26-6-2-10-30(46)22-26)37-17-19-39(51-37)44(28-8-4-12-32(48)24-28)40-20-18-38(52-40)43(36-16-14-34(41)50-36)27-7-3-11-31(47)23-27/h1-24,49,52H,45-48H2. The van der Waals surface area contributed by atoms with Crippen LogP contribution < -0.4 is 22.9 Å². The van der Waals surface area contributed by atoms with E-state index in [1.165, 1.54) is 0 Å². The molecule has 8 nitrogen and oxygen atoms in total. The summed E-state index contributed by atoms with van der Waals surface area (Å²) in [5, 5.41) is 0. The highest BCUT2D eigenvalue weighted by Crippen LogP contribution is 2.39. The number of rotatable bonds is 4. The molecule has 7 aromatic rings. The van der Waals surface area contributed by atoms with Gasteiger partial charge in [-0.25, -0.2) is 9.97 Å².